The van der Waals surface area contributed by atoms with E-state index >= 15 is 0 Å². The first-order valence-corrected chi connectivity index (χ1v) is 7.89. The topological polar surface area (TPSA) is 38.3 Å². The number of ether oxygens (including phenoxy) is 1. The van der Waals surface area contributed by atoms with Gasteiger partial charge in [0, 0.05) is 5.69 Å². The Morgan fingerprint density at radius 2 is 1.68 bits per heavy atom. The fourth-order valence-electron chi connectivity index (χ4n) is 2.21. The third-order valence-corrected chi connectivity index (χ3v) is 3.42. The van der Waals surface area contributed by atoms with Crippen molar-refractivity contribution in [1.29, 1.82) is 0 Å². The summed E-state index contributed by atoms with van der Waals surface area (Å²) in [7, 11) is 0. The molecule has 0 atom stereocenters. The van der Waals surface area contributed by atoms with Crippen LogP contribution < -0.4 is 10.1 Å². The van der Waals surface area contributed by atoms with Crippen molar-refractivity contribution < 1.29 is 9.53 Å². The largest absolute Gasteiger partial charge is 0.493 e. The van der Waals surface area contributed by atoms with Crippen LogP contribution in [0.4, 0.5) is 5.69 Å². The lowest BCUT2D eigenvalue weighted by atomic mass is 10.1. The van der Waals surface area contributed by atoms with Crippen LogP contribution in [0.25, 0.3) is 0 Å². The molecule has 0 heterocycles. The second-order valence-electron chi connectivity index (χ2n) is 5.23. The Morgan fingerprint density at radius 3 is 2.45 bits per heavy atom. The van der Waals surface area contributed by atoms with E-state index in [-0.39, 0.29) is 5.91 Å². The van der Waals surface area contributed by atoms with Crippen molar-refractivity contribution in [1.82, 2.24) is 0 Å². The van der Waals surface area contributed by atoms with E-state index in [2.05, 4.69) is 12.2 Å². The zero-order valence-corrected chi connectivity index (χ0v) is 13.0. The lowest BCUT2D eigenvalue weighted by Gasteiger charge is -2.11. The highest BCUT2D eigenvalue weighted by Crippen LogP contribution is 2.20. The van der Waals surface area contributed by atoms with E-state index in [4.69, 9.17) is 4.74 Å². The molecule has 2 aromatic rings. The number of unbranched alkanes of at least 4 members (excludes halogenated alkanes) is 3. The fourth-order valence-corrected chi connectivity index (χ4v) is 2.21. The molecule has 2 rings (SSSR count). The summed E-state index contributed by atoms with van der Waals surface area (Å²) < 4.78 is 5.78. The van der Waals surface area contributed by atoms with Crippen molar-refractivity contribution in [2.75, 3.05) is 11.9 Å². The average molecular weight is 297 g/mol. The Labute approximate surface area is 132 Å². The monoisotopic (exact) mass is 297 g/mol. The molecule has 3 heteroatoms. The summed E-state index contributed by atoms with van der Waals surface area (Å²) in [4.78, 5) is 12.4. The molecule has 116 valence electrons. The maximum atomic E-state index is 12.4. The third kappa shape index (κ3) is 4.92. The van der Waals surface area contributed by atoms with Crippen LogP contribution in [0, 0.1) is 0 Å². The van der Waals surface area contributed by atoms with Crippen LogP contribution in [-0.2, 0) is 0 Å². The normalized spacial score (nSPS) is 10.2. The standard InChI is InChI=1S/C19H23NO2/c1-2-3-4-10-15-22-18-14-9-8-13-17(18)19(21)20-16-11-6-5-7-12-16/h5-9,11-14H,2-4,10,15H2,1H3,(H,20,21). The molecule has 0 bridgehead atoms. The van der Waals surface area contributed by atoms with E-state index < -0.39 is 0 Å². The van der Waals surface area contributed by atoms with Crippen molar-refractivity contribution >= 4 is 11.6 Å². The second kappa shape index (κ2) is 8.88. The van der Waals surface area contributed by atoms with Crippen molar-refractivity contribution in [2.24, 2.45) is 0 Å². The summed E-state index contributed by atoms with van der Waals surface area (Å²) >= 11 is 0. The van der Waals surface area contributed by atoms with Gasteiger partial charge in [-0.2, -0.15) is 0 Å². The van der Waals surface area contributed by atoms with Crippen LogP contribution in [0.5, 0.6) is 5.75 Å². The third-order valence-electron chi connectivity index (χ3n) is 3.42. The first kappa shape index (κ1) is 16.1. The minimum Gasteiger partial charge on any atom is -0.493 e. The van der Waals surface area contributed by atoms with Crippen LogP contribution in [0.2, 0.25) is 0 Å². The number of carbonyl (C=O) groups is 1. The molecule has 0 aliphatic rings. The van der Waals surface area contributed by atoms with Gasteiger partial charge in [0.2, 0.25) is 0 Å². The average Bonchev–Trinajstić information content (AvgIpc) is 2.56. The predicted octanol–water partition coefficient (Wildman–Crippen LogP) is 4.90. The van der Waals surface area contributed by atoms with Crippen molar-refractivity contribution in [3.8, 4) is 5.75 Å². The molecule has 0 unspecified atom stereocenters. The maximum absolute atomic E-state index is 12.4. The number of amides is 1. The Hall–Kier alpha value is -2.29. The van der Waals surface area contributed by atoms with Gasteiger partial charge in [0.15, 0.2) is 0 Å². The quantitative estimate of drug-likeness (QED) is 0.704. The molecular weight excluding hydrogens is 274 g/mol. The molecule has 0 spiro atoms. The summed E-state index contributed by atoms with van der Waals surface area (Å²) in [6.45, 7) is 2.83. The molecule has 0 aromatic heterocycles. The summed E-state index contributed by atoms with van der Waals surface area (Å²) in [5.74, 6) is 0.503. The van der Waals surface area contributed by atoms with E-state index in [0.29, 0.717) is 17.9 Å². The molecule has 2 aromatic carbocycles. The summed E-state index contributed by atoms with van der Waals surface area (Å²) in [6, 6.07) is 16.8. The molecule has 0 fully saturated rings. The number of para-hydroxylation sites is 2. The molecule has 0 saturated carbocycles. The Kier molecular flexibility index (Phi) is 6.49. The Morgan fingerprint density at radius 1 is 0.955 bits per heavy atom. The zero-order chi connectivity index (χ0) is 15.6. The van der Waals surface area contributed by atoms with Gasteiger partial charge in [-0.25, -0.2) is 0 Å². The van der Waals surface area contributed by atoms with Crippen molar-refractivity contribution in [3.05, 3.63) is 60.2 Å². The van der Waals surface area contributed by atoms with Crippen molar-refractivity contribution in [2.45, 2.75) is 32.6 Å². The number of benzene rings is 2. The van der Waals surface area contributed by atoms with Gasteiger partial charge in [-0.1, -0.05) is 56.5 Å². The number of hydrogen-bond donors (Lipinski definition) is 1. The molecule has 22 heavy (non-hydrogen) atoms. The van der Waals surface area contributed by atoms with E-state index in [0.717, 1.165) is 18.5 Å². The molecule has 0 aliphatic carbocycles. The van der Waals surface area contributed by atoms with Gasteiger partial charge >= 0.3 is 0 Å². The lowest BCUT2D eigenvalue weighted by molar-refractivity contribution is 0.102. The summed E-state index contributed by atoms with van der Waals surface area (Å²) in [5.41, 5.74) is 1.35. The highest BCUT2D eigenvalue weighted by molar-refractivity contribution is 6.06. The molecule has 1 amide bonds. The predicted molar refractivity (Wildman–Crippen MR) is 90.5 cm³/mol. The van der Waals surface area contributed by atoms with Crippen LogP contribution in [0.15, 0.2) is 54.6 Å². The van der Waals surface area contributed by atoms with Gasteiger partial charge in [-0.05, 0) is 30.7 Å². The van der Waals surface area contributed by atoms with E-state index in [1.54, 1.807) is 6.07 Å². The van der Waals surface area contributed by atoms with E-state index in [1.807, 2.05) is 48.5 Å². The summed E-state index contributed by atoms with van der Waals surface area (Å²) in [6.07, 6.45) is 4.60. The van der Waals surface area contributed by atoms with Gasteiger partial charge in [-0.15, -0.1) is 0 Å². The van der Waals surface area contributed by atoms with Crippen molar-refractivity contribution in [3.63, 3.8) is 0 Å². The highest BCUT2D eigenvalue weighted by Gasteiger charge is 2.12. The summed E-state index contributed by atoms with van der Waals surface area (Å²) in [5, 5.41) is 2.89. The molecular formula is C19H23NO2. The van der Waals surface area contributed by atoms with Crippen LogP contribution in [-0.4, -0.2) is 12.5 Å². The molecule has 0 saturated heterocycles. The van der Waals surface area contributed by atoms with Gasteiger partial charge in [-0.3, -0.25) is 4.79 Å². The Bertz CT molecular complexity index is 581. The number of anilines is 1. The zero-order valence-electron chi connectivity index (χ0n) is 13.0. The molecule has 3 nitrogen and oxygen atoms in total. The number of hydrogen-bond acceptors (Lipinski definition) is 2. The lowest BCUT2D eigenvalue weighted by Crippen LogP contribution is -2.13. The number of rotatable bonds is 8. The van der Waals surface area contributed by atoms with Crippen LogP contribution in [0.3, 0.4) is 0 Å². The SMILES string of the molecule is CCCCCCOc1ccccc1C(=O)Nc1ccccc1. The number of nitrogens with one attached hydrogen (secondary N) is 1. The molecule has 0 aliphatic heterocycles. The van der Waals surface area contributed by atoms with E-state index in [9.17, 15) is 4.79 Å². The highest BCUT2D eigenvalue weighted by atomic mass is 16.5. The molecule has 1 N–H and O–H groups in total. The minimum absolute atomic E-state index is 0.143. The smallest absolute Gasteiger partial charge is 0.259 e. The second-order valence-corrected chi connectivity index (χ2v) is 5.23. The first-order chi connectivity index (χ1) is 10.8. The van der Waals surface area contributed by atoms with E-state index in [1.165, 1.54) is 12.8 Å². The van der Waals surface area contributed by atoms with Gasteiger partial charge in [0.1, 0.15) is 5.75 Å². The maximum Gasteiger partial charge on any atom is 0.259 e. The van der Waals surface area contributed by atoms with Gasteiger partial charge < -0.3 is 10.1 Å². The first-order valence-electron chi connectivity index (χ1n) is 7.89. The van der Waals surface area contributed by atoms with Crippen LogP contribution >= 0.6 is 0 Å². The minimum atomic E-state index is -0.143. The van der Waals surface area contributed by atoms with Gasteiger partial charge in [0.05, 0.1) is 12.2 Å². The van der Waals surface area contributed by atoms with Crippen LogP contribution in [0.1, 0.15) is 43.0 Å². The fraction of sp³-hybridized carbons (Fsp3) is 0.316. The Balaban J connectivity index is 1.96. The molecule has 0 radical (unpaired) electrons. The van der Waals surface area contributed by atoms with Gasteiger partial charge in [0.25, 0.3) is 5.91 Å². The number of carbonyl (C=O) groups excluding carboxylic acids is 1.